The van der Waals surface area contributed by atoms with Crippen molar-refractivity contribution in [2.75, 3.05) is 33.0 Å². The van der Waals surface area contributed by atoms with Gasteiger partial charge in [-0.25, -0.2) is 4.57 Å². The number of hydrogen-bond donors (Lipinski definition) is 2. The van der Waals surface area contributed by atoms with Gasteiger partial charge in [0.1, 0.15) is 6.10 Å². The maximum Gasteiger partial charge on any atom is 0.472 e. The van der Waals surface area contributed by atoms with Crippen LogP contribution in [0.5, 0.6) is 0 Å². The molecule has 2 atom stereocenters. The fourth-order valence-corrected chi connectivity index (χ4v) is 6.56. The third kappa shape index (κ3) is 38.2. The van der Waals surface area contributed by atoms with Crippen molar-refractivity contribution in [1.82, 2.24) is 0 Å². The van der Waals surface area contributed by atoms with Crippen molar-refractivity contribution >= 4 is 13.8 Å². The van der Waals surface area contributed by atoms with Gasteiger partial charge in [0.25, 0.3) is 0 Å². The Labute approximate surface area is 308 Å². The molecule has 0 amide bonds. The summed E-state index contributed by atoms with van der Waals surface area (Å²) in [5, 5.41) is 0. The van der Waals surface area contributed by atoms with E-state index < -0.39 is 13.9 Å². The van der Waals surface area contributed by atoms with Crippen molar-refractivity contribution in [3.8, 4) is 0 Å². The molecule has 0 aliphatic rings. The van der Waals surface area contributed by atoms with E-state index in [1.807, 2.05) is 0 Å². The van der Waals surface area contributed by atoms with Gasteiger partial charge in [-0.1, -0.05) is 167 Å². The van der Waals surface area contributed by atoms with Crippen molar-refractivity contribution in [3.05, 3.63) is 24.3 Å². The Morgan fingerprint density at radius 1 is 0.600 bits per heavy atom. The van der Waals surface area contributed by atoms with Crippen LogP contribution in [0.15, 0.2) is 24.3 Å². The van der Waals surface area contributed by atoms with Gasteiger partial charge in [0.2, 0.25) is 0 Å². The van der Waals surface area contributed by atoms with E-state index in [0.29, 0.717) is 13.0 Å². The maximum atomic E-state index is 12.3. The number of allylic oxidation sites excluding steroid dienone is 4. The van der Waals surface area contributed by atoms with Crippen molar-refractivity contribution in [2.24, 2.45) is 5.73 Å². The van der Waals surface area contributed by atoms with Crippen LogP contribution in [-0.2, 0) is 27.9 Å². The number of ether oxygens (including phenoxy) is 2. The van der Waals surface area contributed by atoms with E-state index in [1.165, 1.54) is 122 Å². The van der Waals surface area contributed by atoms with Gasteiger partial charge in [0.05, 0.1) is 19.8 Å². The van der Waals surface area contributed by atoms with Crippen LogP contribution >= 0.6 is 7.82 Å². The average molecular weight is 730 g/mol. The number of unbranched alkanes of at least 4 members (excludes halogenated alkanes) is 23. The first-order chi connectivity index (χ1) is 24.4. The van der Waals surface area contributed by atoms with E-state index in [4.69, 9.17) is 24.3 Å². The molecular weight excluding hydrogens is 649 g/mol. The second-order valence-corrected chi connectivity index (χ2v) is 15.3. The number of phosphoric ester groups is 1. The summed E-state index contributed by atoms with van der Waals surface area (Å²) in [6.07, 6.45) is 42.5. The Hall–Kier alpha value is -1.02. The van der Waals surface area contributed by atoms with Gasteiger partial charge in [0.15, 0.2) is 0 Å². The van der Waals surface area contributed by atoms with E-state index in [1.54, 1.807) is 0 Å². The van der Waals surface area contributed by atoms with Crippen molar-refractivity contribution < 1.29 is 32.8 Å². The number of rotatable bonds is 40. The highest BCUT2D eigenvalue weighted by Crippen LogP contribution is 2.43. The quantitative estimate of drug-likeness (QED) is 0.0277. The molecular formula is C41H80NO7P. The van der Waals surface area contributed by atoms with E-state index in [0.717, 1.165) is 51.4 Å². The summed E-state index contributed by atoms with van der Waals surface area (Å²) in [7, 11) is -4.26. The lowest BCUT2D eigenvalue weighted by Crippen LogP contribution is -2.28. The SMILES string of the molecule is CCCCCCC/C=C\C/C=C\CCCCCCCCCCCCCCCCOCC(COP(=O)(O)OCCN)OC(=O)CCCCCCC. The van der Waals surface area contributed by atoms with Gasteiger partial charge in [0, 0.05) is 19.6 Å². The van der Waals surface area contributed by atoms with E-state index in [2.05, 4.69) is 38.2 Å². The van der Waals surface area contributed by atoms with Crippen molar-refractivity contribution in [1.29, 1.82) is 0 Å². The Kier molecular flexibility index (Phi) is 38.4. The summed E-state index contributed by atoms with van der Waals surface area (Å²) < 4.78 is 33.1. The lowest BCUT2D eigenvalue weighted by atomic mass is 10.0. The summed E-state index contributed by atoms with van der Waals surface area (Å²) in [5.74, 6) is -0.342. The predicted octanol–water partition coefficient (Wildman–Crippen LogP) is 12.1. The summed E-state index contributed by atoms with van der Waals surface area (Å²) in [4.78, 5) is 22.1. The minimum absolute atomic E-state index is 0.0939. The van der Waals surface area contributed by atoms with Crippen LogP contribution in [-0.4, -0.2) is 49.9 Å². The molecule has 9 heteroatoms. The smallest absolute Gasteiger partial charge is 0.457 e. The van der Waals surface area contributed by atoms with Gasteiger partial charge >= 0.3 is 13.8 Å². The average Bonchev–Trinajstić information content (AvgIpc) is 3.10. The number of nitrogens with two attached hydrogens (primary N) is 1. The fourth-order valence-electron chi connectivity index (χ4n) is 5.79. The highest BCUT2D eigenvalue weighted by atomic mass is 31.2. The second-order valence-electron chi connectivity index (χ2n) is 13.9. The highest BCUT2D eigenvalue weighted by molar-refractivity contribution is 7.47. The normalized spacial score (nSPS) is 13.8. The summed E-state index contributed by atoms with van der Waals surface area (Å²) >= 11 is 0. The van der Waals surface area contributed by atoms with E-state index >= 15 is 0 Å². The summed E-state index contributed by atoms with van der Waals surface area (Å²) in [5.41, 5.74) is 5.33. The molecule has 0 saturated heterocycles. The first-order valence-electron chi connectivity index (χ1n) is 20.8. The number of carbonyl (C=O) groups is 1. The van der Waals surface area contributed by atoms with Crippen LogP contribution in [0.2, 0.25) is 0 Å². The zero-order chi connectivity index (χ0) is 36.6. The zero-order valence-electron chi connectivity index (χ0n) is 32.6. The Morgan fingerprint density at radius 2 is 1.06 bits per heavy atom. The molecule has 0 bridgehead atoms. The molecule has 0 fully saturated rings. The molecule has 0 aliphatic carbocycles. The number of hydrogen-bond acceptors (Lipinski definition) is 7. The Balaban J connectivity index is 3.73. The standard InChI is InChI=1S/C41H80NO7P/c1-3-5-7-9-10-11-12-13-14-15-16-17-18-19-20-21-22-23-24-25-26-27-28-29-31-33-36-46-38-40(39-48-50(44,45)47-37-35-42)49-41(43)34-32-30-8-6-4-2/h12-13,15-16,40H,3-11,14,17-39,42H2,1-2H3,(H,44,45)/b13-12-,16-15-. The first kappa shape index (κ1) is 49.0. The molecule has 0 radical (unpaired) electrons. The van der Waals surface area contributed by atoms with Crippen molar-refractivity contribution in [3.63, 3.8) is 0 Å². The van der Waals surface area contributed by atoms with Crippen LogP contribution in [0.4, 0.5) is 0 Å². The second kappa shape index (κ2) is 39.2. The Bertz CT molecular complexity index is 823. The zero-order valence-corrected chi connectivity index (χ0v) is 33.5. The maximum absolute atomic E-state index is 12.3. The van der Waals surface area contributed by atoms with Gasteiger partial charge in [-0.15, -0.1) is 0 Å². The topological polar surface area (TPSA) is 117 Å². The molecule has 8 nitrogen and oxygen atoms in total. The third-order valence-corrected chi connectivity index (χ3v) is 9.86. The van der Waals surface area contributed by atoms with Crippen LogP contribution in [0.1, 0.15) is 194 Å². The summed E-state index contributed by atoms with van der Waals surface area (Å²) in [6.45, 7) is 4.83. The monoisotopic (exact) mass is 730 g/mol. The Morgan fingerprint density at radius 3 is 1.56 bits per heavy atom. The molecule has 0 spiro atoms. The van der Waals surface area contributed by atoms with Crippen LogP contribution < -0.4 is 5.73 Å². The van der Waals surface area contributed by atoms with Gasteiger partial charge in [-0.2, -0.15) is 0 Å². The van der Waals surface area contributed by atoms with Crippen LogP contribution in [0.3, 0.4) is 0 Å². The predicted molar refractivity (Wildman–Crippen MR) is 210 cm³/mol. The first-order valence-corrected chi connectivity index (χ1v) is 22.3. The van der Waals surface area contributed by atoms with Gasteiger partial charge < -0.3 is 20.1 Å². The molecule has 0 aliphatic heterocycles. The molecule has 0 aromatic carbocycles. The number of carbonyl (C=O) groups excluding carboxylic acids is 1. The van der Waals surface area contributed by atoms with Crippen LogP contribution in [0.25, 0.3) is 0 Å². The largest absolute Gasteiger partial charge is 0.472 e. The molecule has 50 heavy (non-hydrogen) atoms. The van der Waals surface area contributed by atoms with Crippen LogP contribution in [0, 0.1) is 0 Å². The highest BCUT2D eigenvalue weighted by Gasteiger charge is 2.25. The molecule has 2 unspecified atom stereocenters. The molecule has 0 heterocycles. The molecule has 0 aromatic heterocycles. The minimum atomic E-state index is -4.26. The lowest BCUT2D eigenvalue weighted by molar-refractivity contribution is -0.154. The molecule has 296 valence electrons. The number of phosphoric acid groups is 1. The van der Waals surface area contributed by atoms with E-state index in [-0.39, 0.29) is 32.3 Å². The lowest BCUT2D eigenvalue weighted by Gasteiger charge is -2.20. The fraction of sp³-hybridized carbons (Fsp3) is 0.878. The molecule has 0 rings (SSSR count). The van der Waals surface area contributed by atoms with Gasteiger partial charge in [-0.3, -0.25) is 13.8 Å². The summed E-state index contributed by atoms with van der Waals surface area (Å²) in [6, 6.07) is 0. The molecule has 3 N–H and O–H groups in total. The molecule has 0 saturated carbocycles. The number of esters is 1. The van der Waals surface area contributed by atoms with E-state index in [9.17, 15) is 14.3 Å². The third-order valence-electron chi connectivity index (χ3n) is 8.87. The van der Waals surface area contributed by atoms with Crippen molar-refractivity contribution in [2.45, 2.75) is 200 Å². The van der Waals surface area contributed by atoms with Gasteiger partial charge in [-0.05, 0) is 44.9 Å². The minimum Gasteiger partial charge on any atom is -0.457 e. The molecule has 0 aromatic rings.